The molecule has 4 fully saturated rings. The van der Waals surface area contributed by atoms with Crippen LogP contribution >= 0.6 is 0 Å². The molecular formula is C10H14. The van der Waals surface area contributed by atoms with E-state index >= 15 is 0 Å². The zero-order valence-corrected chi connectivity index (χ0v) is 6.78. The third-order valence-electron chi connectivity index (χ3n) is 5.71. The first kappa shape index (κ1) is 4.79. The Labute approximate surface area is 62.0 Å². The summed E-state index contributed by atoms with van der Waals surface area (Å²) in [5.41, 5.74) is 2.76. The molecule has 0 heterocycles. The molecule has 0 heteroatoms. The summed E-state index contributed by atoms with van der Waals surface area (Å²) in [4.78, 5) is 0. The molecule has 0 aliphatic heterocycles. The first-order valence-corrected chi connectivity index (χ1v) is 4.72. The van der Waals surface area contributed by atoms with Crippen molar-refractivity contribution >= 4 is 0 Å². The van der Waals surface area contributed by atoms with Crippen LogP contribution in [0.4, 0.5) is 0 Å². The van der Waals surface area contributed by atoms with Gasteiger partial charge in [-0.05, 0) is 40.9 Å². The van der Waals surface area contributed by atoms with Crippen LogP contribution in [0.1, 0.15) is 33.1 Å². The average molecular weight is 134 g/mol. The molecule has 4 aliphatic carbocycles. The van der Waals surface area contributed by atoms with Gasteiger partial charge in [-0.15, -0.1) is 0 Å². The minimum absolute atomic E-state index is 0.815. The molecule has 4 saturated carbocycles. The summed E-state index contributed by atoms with van der Waals surface area (Å²) in [5.74, 6) is 2.46. The van der Waals surface area contributed by atoms with Crippen LogP contribution in [0.25, 0.3) is 0 Å². The fourth-order valence-electron chi connectivity index (χ4n) is 5.63. The largest absolute Gasteiger partial charge is 0.0588 e. The zero-order chi connectivity index (χ0) is 6.78. The van der Waals surface area contributed by atoms with E-state index in [2.05, 4.69) is 13.8 Å². The Hall–Kier alpha value is 0. The summed E-state index contributed by atoms with van der Waals surface area (Å²) in [5, 5.41) is 0. The first-order valence-electron chi connectivity index (χ1n) is 4.72. The minimum Gasteiger partial charge on any atom is -0.0588 e. The average Bonchev–Trinajstić information content (AvgIpc) is 2.79. The topological polar surface area (TPSA) is 0 Å². The summed E-state index contributed by atoms with van der Waals surface area (Å²) in [6.07, 6.45) is 4.72. The molecule has 10 heavy (non-hydrogen) atoms. The summed E-state index contributed by atoms with van der Waals surface area (Å²) in [6.45, 7) is 4.98. The van der Waals surface area contributed by atoms with Crippen LogP contribution in [-0.4, -0.2) is 0 Å². The highest BCUT2D eigenvalue weighted by atomic mass is 15.2. The molecule has 0 saturated heterocycles. The Morgan fingerprint density at radius 1 is 1.00 bits per heavy atom. The van der Waals surface area contributed by atoms with Crippen molar-refractivity contribution in [2.75, 3.05) is 0 Å². The number of hydrogen-bond acceptors (Lipinski definition) is 0. The molecule has 0 aromatic heterocycles. The van der Waals surface area contributed by atoms with Crippen molar-refractivity contribution in [1.29, 1.82) is 0 Å². The third kappa shape index (κ3) is 0.151. The van der Waals surface area contributed by atoms with Gasteiger partial charge in [0.05, 0.1) is 0 Å². The molecule has 0 bridgehead atoms. The summed E-state index contributed by atoms with van der Waals surface area (Å²) in [7, 11) is 0. The summed E-state index contributed by atoms with van der Waals surface area (Å²) in [6, 6.07) is 0. The summed E-state index contributed by atoms with van der Waals surface area (Å²) < 4.78 is 0. The monoisotopic (exact) mass is 134 g/mol. The first-order chi connectivity index (χ1) is 4.72. The predicted octanol–water partition coefficient (Wildman–Crippen LogP) is 2.44. The van der Waals surface area contributed by atoms with Crippen LogP contribution in [0.2, 0.25) is 0 Å². The van der Waals surface area contributed by atoms with Gasteiger partial charge in [-0.2, -0.15) is 0 Å². The minimum atomic E-state index is 0.815. The van der Waals surface area contributed by atoms with Crippen LogP contribution < -0.4 is 0 Å². The fourth-order valence-corrected chi connectivity index (χ4v) is 5.63. The van der Waals surface area contributed by atoms with E-state index in [0.717, 1.165) is 16.2 Å². The van der Waals surface area contributed by atoms with Gasteiger partial charge in [0, 0.05) is 0 Å². The van der Waals surface area contributed by atoms with Crippen molar-refractivity contribution < 1.29 is 0 Å². The lowest BCUT2D eigenvalue weighted by Crippen LogP contribution is -2.40. The van der Waals surface area contributed by atoms with E-state index in [1.165, 1.54) is 11.8 Å². The van der Waals surface area contributed by atoms with E-state index < -0.39 is 0 Å². The normalized spacial score (nSPS) is 77.4. The maximum absolute atomic E-state index is 2.49. The molecule has 0 amide bonds. The van der Waals surface area contributed by atoms with E-state index in [1.807, 2.05) is 0 Å². The smallest absolute Gasteiger partial charge is 0.0105 e. The van der Waals surface area contributed by atoms with Crippen molar-refractivity contribution in [2.24, 2.45) is 28.1 Å². The molecule has 0 nitrogen and oxygen atoms in total. The molecule has 1 spiro atoms. The van der Waals surface area contributed by atoms with Crippen molar-refractivity contribution in [3.63, 3.8) is 0 Å². The quantitative estimate of drug-likeness (QED) is 0.477. The Bertz CT molecular complexity index is 217. The zero-order valence-electron chi connectivity index (χ0n) is 6.78. The molecule has 4 rings (SSSR count). The maximum Gasteiger partial charge on any atom is -0.0105 e. The fraction of sp³-hybridized carbons (Fsp3) is 1.00. The SMILES string of the molecule is CC1(C)C23C4CCCC2C413. The Morgan fingerprint density at radius 3 is 1.80 bits per heavy atom. The lowest BCUT2D eigenvalue weighted by molar-refractivity contribution is 0.0128. The van der Waals surface area contributed by atoms with Crippen LogP contribution in [-0.2, 0) is 0 Å². The van der Waals surface area contributed by atoms with Gasteiger partial charge in [-0.25, -0.2) is 0 Å². The molecule has 0 atom stereocenters. The molecule has 0 N–H and O–H groups in total. The molecule has 0 aromatic rings. The van der Waals surface area contributed by atoms with Gasteiger partial charge in [-0.3, -0.25) is 0 Å². The Morgan fingerprint density at radius 2 is 1.50 bits per heavy atom. The maximum atomic E-state index is 2.49. The highest BCUT2D eigenvalue weighted by molar-refractivity contribution is 5.64. The molecule has 0 unspecified atom stereocenters. The van der Waals surface area contributed by atoms with Gasteiger partial charge >= 0.3 is 0 Å². The molecule has 4 aliphatic rings. The highest BCUT2D eigenvalue weighted by Gasteiger charge is 3.18. The Kier molecular flexibility index (Phi) is 0.379. The molecule has 0 aromatic carbocycles. The summed E-state index contributed by atoms with van der Waals surface area (Å²) >= 11 is 0. The lowest BCUT2D eigenvalue weighted by Gasteiger charge is -2.46. The second-order valence-electron chi connectivity index (χ2n) is 5.40. The van der Waals surface area contributed by atoms with Gasteiger partial charge in [0.15, 0.2) is 0 Å². The van der Waals surface area contributed by atoms with E-state index in [4.69, 9.17) is 0 Å². The van der Waals surface area contributed by atoms with Gasteiger partial charge in [0.25, 0.3) is 0 Å². The van der Waals surface area contributed by atoms with Crippen LogP contribution in [0, 0.1) is 28.1 Å². The molecule has 0 radical (unpaired) electrons. The molecular weight excluding hydrogens is 120 g/mol. The number of hydrogen-bond donors (Lipinski definition) is 0. The van der Waals surface area contributed by atoms with E-state index in [-0.39, 0.29) is 0 Å². The van der Waals surface area contributed by atoms with E-state index in [0.29, 0.717) is 0 Å². The van der Waals surface area contributed by atoms with E-state index in [9.17, 15) is 0 Å². The van der Waals surface area contributed by atoms with E-state index in [1.54, 1.807) is 19.3 Å². The number of rotatable bonds is 0. The van der Waals surface area contributed by atoms with Gasteiger partial charge in [-0.1, -0.05) is 20.3 Å². The standard InChI is InChI=1S/C10H14/c1-8(2)9-6-4-3-5-7(9)10(6,8)9/h6-7H,3-5H2,1-2H3. The van der Waals surface area contributed by atoms with Crippen molar-refractivity contribution in [2.45, 2.75) is 33.1 Å². The van der Waals surface area contributed by atoms with Gasteiger partial charge in [0.2, 0.25) is 0 Å². The van der Waals surface area contributed by atoms with Gasteiger partial charge in [0.1, 0.15) is 0 Å². The Balaban J connectivity index is 1.84. The van der Waals surface area contributed by atoms with Crippen molar-refractivity contribution in [3.05, 3.63) is 0 Å². The second-order valence-corrected chi connectivity index (χ2v) is 5.40. The van der Waals surface area contributed by atoms with Crippen LogP contribution in [0.3, 0.4) is 0 Å². The van der Waals surface area contributed by atoms with Crippen molar-refractivity contribution in [1.82, 2.24) is 0 Å². The van der Waals surface area contributed by atoms with Gasteiger partial charge < -0.3 is 0 Å². The molecule has 54 valence electrons. The predicted molar refractivity (Wildman–Crippen MR) is 39.5 cm³/mol. The van der Waals surface area contributed by atoms with Crippen LogP contribution in [0.5, 0.6) is 0 Å². The van der Waals surface area contributed by atoms with Crippen LogP contribution in [0.15, 0.2) is 0 Å². The third-order valence-corrected chi connectivity index (χ3v) is 5.71. The lowest BCUT2D eigenvalue weighted by atomic mass is 9.58. The highest BCUT2D eigenvalue weighted by Crippen LogP contribution is 3.21. The van der Waals surface area contributed by atoms with Crippen molar-refractivity contribution in [3.8, 4) is 0 Å². The second kappa shape index (κ2) is 0.790.